The summed E-state index contributed by atoms with van der Waals surface area (Å²) in [5.41, 5.74) is 2.30. The van der Waals surface area contributed by atoms with Crippen LogP contribution < -0.4 is 0 Å². The Morgan fingerprint density at radius 2 is 1.90 bits per heavy atom. The van der Waals surface area contributed by atoms with Gasteiger partial charge in [-0.1, -0.05) is 52.0 Å². The fourth-order valence-electron chi connectivity index (χ4n) is 3.24. The Kier molecular flexibility index (Phi) is 5.21. The SMILES string of the molecule is CCN1CCCC1CCC(=O)c1ccc(C(C)(C)C)cc1. The number of benzene rings is 1. The van der Waals surface area contributed by atoms with Crippen LogP contribution in [0.2, 0.25) is 0 Å². The largest absolute Gasteiger partial charge is 0.301 e. The van der Waals surface area contributed by atoms with Crippen LogP contribution in [0.15, 0.2) is 24.3 Å². The van der Waals surface area contributed by atoms with Crippen LogP contribution in [-0.4, -0.2) is 29.8 Å². The standard InChI is InChI=1S/C19H29NO/c1-5-20-14-6-7-17(20)12-13-18(21)15-8-10-16(11-9-15)19(2,3)4/h8-11,17H,5-7,12-14H2,1-4H3. The predicted molar refractivity (Wildman–Crippen MR) is 89.0 cm³/mol. The summed E-state index contributed by atoms with van der Waals surface area (Å²) < 4.78 is 0. The van der Waals surface area contributed by atoms with Crippen LogP contribution in [0.4, 0.5) is 0 Å². The minimum atomic E-state index is 0.146. The van der Waals surface area contributed by atoms with Crippen molar-refractivity contribution < 1.29 is 4.79 Å². The highest BCUT2D eigenvalue weighted by Gasteiger charge is 2.23. The van der Waals surface area contributed by atoms with Crippen LogP contribution in [0.1, 0.15) is 69.3 Å². The van der Waals surface area contributed by atoms with Crippen molar-refractivity contribution in [3.8, 4) is 0 Å². The minimum absolute atomic E-state index is 0.146. The molecular weight excluding hydrogens is 258 g/mol. The van der Waals surface area contributed by atoms with E-state index in [0.29, 0.717) is 18.2 Å². The number of Topliss-reactive ketones (excluding diaryl/α,β-unsaturated/α-hetero) is 1. The fourth-order valence-corrected chi connectivity index (χ4v) is 3.24. The van der Waals surface area contributed by atoms with E-state index >= 15 is 0 Å². The molecule has 0 N–H and O–H groups in total. The lowest BCUT2D eigenvalue weighted by Gasteiger charge is -2.22. The molecule has 1 unspecified atom stereocenters. The molecule has 0 amide bonds. The minimum Gasteiger partial charge on any atom is -0.301 e. The van der Waals surface area contributed by atoms with Crippen molar-refractivity contribution in [1.82, 2.24) is 4.90 Å². The topological polar surface area (TPSA) is 20.3 Å². The molecule has 0 saturated carbocycles. The molecule has 0 radical (unpaired) electrons. The first-order chi connectivity index (χ1) is 9.91. The van der Waals surface area contributed by atoms with Gasteiger partial charge in [0, 0.05) is 18.0 Å². The number of nitrogens with zero attached hydrogens (tertiary/aromatic N) is 1. The first-order valence-electron chi connectivity index (χ1n) is 8.29. The Bertz CT molecular complexity index is 469. The fraction of sp³-hybridized carbons (Fsp3) is 0.632. The molecule has 2 nitrogen and oxygen atoms in total. The third-order valence-corrected chi connectivity index (χ3v) is 4.68. The molecule has 0 aromatic heterocycles. The third-order valence-electron chi connectivity index (χ3n) is 4.68. The van der Waals surface area contributed by atoms with Crippen molar-refractivity contribution >= 4 is 5.78 Å². The van der Waals surface area contributed by atoms with Crippen molar-refractivity contribution in [2.75, 3.05) is 13.1 Å². The van der Waals surface area contributed by atoms with Crippen molar-refractivity contribution in [2.45, 2.75) is 64.8 Å². The summed E-state index contributed by atoms with van der Waals surface area (Å²) >= 11 is 0. The van der Waals surface area contributed by atoms with Gasteiger partial charge in [-0.25, -0.2) is 0 Å². The molecular formula is C19H29NO. The molecule has 21 heavy (non-hydrogen) atoms. The highest BCUT2D eigenvalue weighted by atomic mass is 16.1. The highest BCUT2D eigenvalue weighted by Crippen LogP contribution is 2.24. The maximum Gasteiger partial charge on any atom is 0.162 e. The second kappa shape index (κ2) is 6.74. The van der Waals surface area contributed by atoms with E-state index in [-0.39, 0.29) is 5.41 Å². The van der Waals surface area contributed by atoms with Crippen molar-refractivity contribution in [3.05, 3.63) is 35.4 Å². The molecule has 2 heteroatoms. The molecule has 1 fully saturated rings. The highest BCUT2D eigenvalue weighted by molar-refractivity contribution is 5.96. The average molecular weight is 287 g/mol. The van der Waals surface area contributed by atoms with E-state index in [4.69, 9.17) is 0 Å². The smallest absolute Gasteiger partial charge is 0.162 e. The maximum atomic E-state index is 12.3. The lowest BCUT2D eigenvalue weighted by Crippen LogP contribution is -2.29. The number of likely N-dealkylation sites (tertiary alicyclic amines) is 1. The summed E-state index contributed by atoms with van der Waals surface area (Å²) in [6.45, 7) is 11.1. The lowest BCUT2D eigenvalue weighted by atomic mass is 9.86. The zero-order valence-corrected chi connectivity index (χ0v) is 14.0. The van der Waals surface area contributed by atoms with Crippen molar-refractivity contribution in [1.29, 1.82) is 0 Å². The first kappa shape index (κ1) is 16.2. The summed E-state index contributed by atoms with van der Waals surface area (Å²) in [4.78, 5) is 14.8. The molecule has 0 spiro atoms. The molecule has 1 heterocycles. The molecule has 1 aromatic carbocycles. The van der Waals surface area contributed by atoms with Gasteiger partial charge < -0.3 is 4.90 Å². The monoisotopic (exact) mass is 287 g/mol. The van der Waals surface area contributed by atoms with E-state index in [2.05, 4.69) is 44.7 Å². The summed E-state index contributed by atoms with van der Waals surface area (Å²) in [5.74, 6) is 0.290. The number of carbonyl (C=O) groups excluding carboxylic acids is 1. The van der Waals surface area contributed by atoms with E-state index in [9.17, 15) is 4.79 Å². The third kappa shape index (κ3) is 4.16. The maximum absolute atomic E-state index is 12.3. The molecule has 1 aliphatic rings. The van der Waals surface area contributed by atoms with E-state index in [0.717, 1.165) is 18.5 Å². The van der Waals surface area contributed by atoms with Gasteiger partial charge in [-0.15, -0.1) is 0 Å². The Morgan fingerprint density at radius 1 is 1.24 bits per heavy atom. The van der Waals surface area contributed by atoms with Gasteiger partial charge in [0.2, 0.25) is 0 Å². The zero-order valence-electron chi connectivity index (χ0n) is 14.0. The predicted octanol–water partition coefficient (Wildman–Crippen LogP) is 4.43. The Hall–Kier alpha value is -1.15. The summed E-state index contributed by atoms with van der Waals surface area (Å²) in [6, 6.07) is 8.81. The molecule has 1 aromatic rings. The number of carbonyl (C=O) groups is 1. The Balaban J connectivity index is 1.91. The molecule has 2 rings (SSSR count). The van der Waals surface area contributed by atoms with E-state index in [1.807, 2.05) is 12.1 Å². The van der Waals surface area contributed by atoms with Gasteiger partial charge in [0.25, 0.3) is 0 Å². The summed E-state index contributed by atoms with van der Waals surface area (Å²) in [5, 5.41) is 0. The van der Waals surface area contributed by atoms with Gasteiger partial charge in [0.1, 0.15) is 0 Å². The summed E-state index contributed by atoms with van der Waals surface area (Å²) in [6.07, 6.45) is 4.22. The number of rotatable bonds is 5. The van der Waals surface area contributed by atoms with Gasteiger partial charge in [-0.2, -0.15) is 0 Å². The van der Waals surface area contributed by atoms with Gasteiger partial charge in [0.05, 0.1) is 0 Å². The number of hydrogen-bond donors (Lipinski definition) is 0. The van der Waals surface area contributed by atoms with Crippen molar-refractivity contribution in [2.24, 2.45) is 0 Å². The zero-order chi connectivity index (χ0) is 15.5. The van der Waals surface area contributed by atoms with E-state index in [1.54, 1.807) is 0 Å². The Labute approximate surface area is 129 Å². The van der Waals surface area contributed by atoms with Crippen LogP contribution in [0, 0.1) is 0 Å². The van der Waals surface area contributed by atoms with Crippen LogP contribution in [0.5, 0.6) is 0 Å². The molecule has 0 bridgehead atoms. The van der Waals surface area contributed by atoms with Gasteiger partial charge >= 0.3 is 0 Å². The quantitative estimate of drug-likeness (QED) is 0.747. The molecule has 1 aliphatic heterocycles. The molecule has 1 atom stereocenters. The van der Waals surface area contributed by atoms with Crippen LogP contribution in [-0.2, 0) is 5.41 Å². The average Bonchev–Trinajstić information content (AvgIpc) is 2.91. The van der Waals surface area contributed by atoms with Gasteiger partial charge in [0.15, 0.2) is 5.78 Å². The number of hydrogen-bond acceptors (Lipinski definition) is 2. The normalized spacial score (nSPS) is 19.9. The number of ketones is 1. The van der Waals surface area contributed by atoms with Gasteiger partial charge in [-0.05, 0) is 43.3 Å². The molecule has 1 saturated heterocycles. The Morgan fingerprint density at radius 3 is 2.48 bits per heavy atom. The second-order valence-corrected chi connectivity index (χ2v) is 7.21. The van der Waals surface area contributed by atoms with Crippen LogP contribution in [0.3, 0.4) is 0 Å². The molecule has 0 aliphatic carbocycles. The van der Waals surface area contributed by atoms with E-state index < -0.39 is 0 Å². The van der Waals surface area contributed by atoms with Crippen LogP contribution in [0.25, 0.3) is 0 Å². The van der Waals surface area contributed by atoms with Crippen LogP contribution >= 0.6 is 0 Å². The first-order valence-corrected chi connectivity index (χ1v) is 8.29. The van der Waals surface area contributed by atoms with E-state index in [1.165, 1.54) is 24.9 Å². The van der Waals surface area contributed by atoms with Gasteiger partial charge in [-0.3, -0.25) is 4.79 Å². The summed E-state index contributed by atoms with van der Waals surface area (Å²) in [7, 11) is 0. The second-order valence-electron chi connectivity index (χ2n) is 7.21. The van der Waals surface area contributed by atoms with Crippen molar-refractivity contribution in [3.63, 3.8) is 0 Å². The lowest BCUT2D eigenvalue weighted by molar-refractivity contribution is 0.0968. The molecule has 116 valence electrons.